The van der Waals surface area contributed by atoms with Gasteiger partial charge in [-0.1, -0.05) is 13.8 Å². The number of carbonyl (C=O) groups is 2. The molecule has 0 aliphatic carbocycles. The lowest BCUT2D eigenvalue weighted by Gasteiger charge is -2.24. The van der Waals surface area contributed by atoms with Crippen molar-refractivity contribution in [3.05, 3.63) is 0 Å². The molecule has 0 aromatic carbocycles. The van der Waals surface area contributed by atoms with Gasteiger partial charge in [-0.3, -0.25) is 4.79 Å². The zero-order valence-electron chi connectivity index (χ0n) is 10.8. The van der Waals surface area contributed by atoms with Crippen LogP contribution in [0.25, 0.3) is 0 Å². The average molecular weight is 280 g/mol. The Bertz CT molecular complexity index is 305. The van der Waals surface area contributed by atoms with E-state index in [2.05, 4.69) is 4.74 Å². The van der Waals surface area contributed by atoms with Crippen LogP contribution in [0.1, 0.15) is 20.3 Å². The van der Waals surface area contributed by atoms with Crippen LogP contribution in [0.2, 0.25) is 0 Å². The van der Waals surface area contributed by atoms with Crippen molar-refractivity contribution >= 4 is 11.9 Å². The molecule has 0 aromatic heterocycles. The number of aliphatic hydroxyl groups is 5. The van der Waals surface area contributed by atoms with Crippen molar-refractivity contribution in [3.63, 3.8) is 0 Å². The minimum atomic E-state index is -2.20. The number of hydrogen-bond acceptors (Lipinski definition) is 8. The van der Waals surface area contributed by atoms with Gasteiger partial charge >= 0.3 is 11.9 Å². The number of hydrogen-bond donors (Lipinski definition) is 5. The summed E-state index contributed by atoms with van der Waals surface area (Å²) in [6.07, 6.45) is -7.55. The van der Waals surface area contributed by atoms with Gasteiger partial charge in [-0.05, 0) is 6.42 Å². The predicted molar refractivity (Wildman–Crippen MR) is 61.7 cm³/mol. The van der Waals surface area contributed by atoms with E-state index in [1.807, 2.05) is 0 Å². The lowest BCUT2D eigenvalue weighted by molar-refractivity contribution is -0.178. The van der Waals surface area contributed by atoms with Crippen molar-refractivity contribution in [2.75, 3.05) is 6.61 Å². The third-order valence-corrected chi connectivity index (χ3v) is 2.71. The van der Waals surface area contributed by atoms with Crippen molar-refractivity contribution in [2.45, 2.75) is 44.7 Å². The van der Waals surface area contributed by atoms with Crippen LogP contribution in [0.3, 0.4) is 0 Å². The average Bonchev–Trinajstić information content (AvgIpc) is 2.42. The van der Waals surface area contributed by atoms with Gasteiger partial charge in [0.15, 0.2) is 6.10 Å². The van der Waals surface area contributed by atoms with Crippen molar-refractivity contribution in [2.24, 2.45) is 5.92 Å². The van der Waals surface area contributed by atoms with E-state index in [1.165, 1.54) is 6.92 Å². The van der Waals surface area contributed by atoms with E-state index in [-0.39, 0.29) is 0 Å². The van der Waals surface area contributed by atoms with Gasteiger partial charge in [0.25, 0.3) is 0 Å². The first-order valence-electron chi connectivity index (χ1n) is 5.84. The largest absolute Gasteiger partial charge is 0.394 e. The Balaban J connectivity index is 4.52. The maximum absolute atomic E-state index is 11.3. The minimum Gasteiger partial charge on any atom is -0.394 e. The fourth-order valence-electron chi connectivity index (χ4n) is 1.09. The lowest BCUT2D eigenvalue weighted by Crippen LogP contribution is -2.49. The van der Waals surface area contributed by atoms with E-state index in [0.717, 1.165) is 0 Å². The van der Waals surface area contributed by atoms with Crippen molar-refractivity contribution < 1.29 is 39.9 Å². The molecule has 0 radical (unpaired) electrons. The SMILES string of the molecule is CCC(C)C(=O)OC(=O)[C@H](O)[C@@H](O)[C@H](O)[C@H](O)CO. The molecular formula is C11H20O8. The maximum atomic E-state index is 11.3. The van der Waals surface area contributed by atoms with Crippen molar-refractivity contribution in [1.82, 2.24) is 0 Å². The third-order valence-electron chi connectivity index (χ3n) is 2.71. The normalized spacial score (nSPS) is 19.1. The van der Waals surface area contributed by atoms with Crippen LogP contribution in [0.5, 0.6) is 0 Å². The highest BCUT2D eigenvalue weighted by molar-refractivity contribution is 5.89. The molecule has 0 amide bonds. The zero-order valence-corrected chi connectivity index (χ0v) is 10.8. The second-order valence-corrected chi connectivity index (χ2v) is 4.23. The number of rotatable bonds is 7. The second kappa shape index (κ2) is 8.18. The van der Waals surface area contributed by atoms with Gasteiger partial charge in [-0.25, -0.2) is 4.79 Å². The number of ether oxygens (including phenoxy) is 1. The first-order chi connectivity index (χ1) is 8.76. The number of esters is 2. The molecule has 1 unspecified atom stereocenters. The van der Waals surface area contributed by atoms with Crippen LogP contribution in [-0.4, -0.2) is 68.5 Å². The van der Waals surface area contributed by atoms with E-state index >= 15 is 0 Å². The summed E-state index contributed by atoms with van der Waals surface area (Å²) in [5.74, 6) is -2.85. The smallest absolute Gasteiger partial charge is 0.345 e. The molecule has 5 N–H and O–H groups in total. The highest BCUT2D eigenvalue weighted by Crippen LogP contribution is 2.09. The molecule has 0 fully saturated rings. The van der Waals surface area contributed by atoms with Crippen LogP contribution in [-0.2, 0) is 14.3 Å². The summed E-state index contributed by atoms with van der Waals surface area (Å²) in [5, 5.41) is 45.6. The first kappa shape index (κ1) is 17.9. The molecule has 0 bridgehead atoms. The predicted octanol–water partition coefficient (Wildman–Crippen LogP) is -2.46. The van der Waals surface area contributed by atoms with E-state index < -0.39 is 48.9 Å². The van der Waals surface area contributed by atoms with E-state index in [4.69, 9.17) is 10.2 Å². The van der Waals surface area contributed by atoms with Gasteiger partial charge in [0.2, 0.25) is 0 Å². The Kier molecular flexibility index (Phi) is 7.72. The molecule has 0 aliphatic heterocycles. The standard InChI is InChI=1S/C11H20O8/c1-3-5(2)10(17)19-11(18)9(16)8(15)7(14)6(13)4-12/h5-9,12-16H,3-4H2,1-2H3/t5?,6-,7-,8+,9-/m1/s1. The minimum absolute atomic E-state index is 0.427. The summed E-state index contributed by atoms with van der Waals surface area (Å²) in [6.45, 7) is 2.34. The van der Waals surface area contributed by atoms with Gasteiger partial charge in [-0.2, -0.15) is 0 Å². The summed E-state index contributed by atoms with van der Waals surface area (Å²) in [7, 11) is 0. The van der Waals surface area contributed by atoms with Gasteiger partial charge < -0.3 is 30.3 Å². The maximum Gasteiger partial charge on any atom is 0.345 e. The van der Waals surface area contributed by atoms with Gasteiger partial charge in [-0.15, -0.1) is 0 Å². The Morgan fingerprint density at radius 1 is 1.05 bits per heavy atom. The lowest BCUT2D eigenvalue weighted by atomic mass is 10.0. The Hall–Kier alpha value is -1.06. The molecule has 0 aliphatic rings. The molecule has 0 saturated carbocycles. The molecule has 0 heterocycles. The van der Waals surface area contributed by atoms with Crippen LogP contribution in [0.4, 0.5) is 0 Å². The van der Waals surface area contributed by atoms with Crippen LogP contribution < -0.4 is 0 Å². The Morgan fingerprint density at radius 2 is 1.58 bits per heavy atom. The fraction of sp³-hybridized carbons (Fsp3) is 0.818. The van der Waals surface area contributed by atoms with E-state index in [1.54, 1.807) is 6.92 Å². The topological polar surface area (TPSA) is 145 Å². The third kappa shape index (κ3) is 5.21. The summed E-state index contributed by atoms with van der Waals surface area (Å²) < 4.78 is 4.31. The number of aliphatic hydroxyl groups excluding tert-OH is 5. The Labute approximate surface area is 110 Å². The molecule has 8 nitrogen and oxygen atoms in total. The van der Waals surface area contributed by atoms with Crippen LogP contribution >= 0.6 is 0 Å². The highest BCUT2D eigenvalue weighted by Gasteiger charge is 2.36. The molecule has 0 spiro atoms. The van der Waals surface area contributed by atoms with Gasteiger partial charge in [0.05, 0.1) is 12.5 Å². The molecule has 5 atom stereocenters. The fourth-order valence-corrected chi connectivity index (χ4v) is 1.09. The first-order valence-corrected chi connectivity index (χ1v) is 5.84. The highest BCUT2D eigenvalue weighted by atomic mass is 16.6. The summed E-state index contributed by atoms with van der Waals surface area (Å²) >= 11 is 0. The van der Waals surface area contributed by atoms with E-state index in [0.29, 0.717) is 6.42 Å². The van der Waals surface area contributed by atoms with Crippen LogP contribution in [0, 0.1) is 5.92 Å². The molecule has 8 heteroatoms. The summed E-state index contributed by atoms with van der Waals surface area (Å²) in [5.41, 5.74) is 0. The van der Waals surface area contributed by atoms with Crippen molar-refractivity contribution in [3.8, 4) is 0 Å². The van der Waals surface area contributed by atoms with Gasteiger partial charge in [0.1, 0.15) is 18.3 Å². The molecule has 19 heavy (non-hydrogen) atoms. The molecular weight excluding hydrogens is 260 g/mol. The monoisotopic (exact) mass is 280 g/mol. The summed E-state index contributed by atoms with van der Waals surface area (Å²) in [4.78, 5) is 22.6. The molecule has 0 rings (SSSR count). The summed E-state index contributed by atoms with van der Waals surface area (Å²) in [6, 6.07) is 0. The zero-order chi connectivity index (χ0) is 15.2. The van der Waals surface area contributed by atoms with Crippen LogP contribution in [0.15, 0.2) is 0 Å². The number of carbonyl (C=O) groups excluding carboxylic acids is 2. The quantitative estimate of drug-likeness (QED) is 0.255. The second-order valence-electron chi connectivity index (χ2n) is 4.23. The molecule has 0 aromatic rings. The molecule has 112 valence electrons. The van der Waals surface area contributed by atoms with Gasteiger partial charge in [0, 0.05) is 0 Å². The van der Waals surface area contributed by atoms with Crippen molar-refractivity contribution in [1.29, 1.82) is 0 Å². The Morgan fingerprint density at radius 3 is 2.00 bits per heavy atom. The molecule has 0 saturated heterocycles. The van der Waals surface area contributed by atoms with E-state index in [9.17, 15) is 24.9 Å².